The minimum absolute atomic E-state index is 0.219. The molecule has 3 N–H and O–H groups in total. The fourth-order valence-corrected chi connectivity index (χ4v) is 3.62. The van der Waals surface area contributed by atoms with Gasteiger partial charge in [-0.1, -0.05) is 48.0 Å². The molecule has 5 nitrogen and oxygen atoms in total. The Morgan fingerprint density at radius 3 is 2.09 bits per heavy atom. The lowest BCUT2D eigenvalue weighted by Crippen LogP contribution is -2.02. The van der Waals surface area contributed by atoms with Crippen molar-refractivity contribution in [3.63, 3.8) is 0 Å². The molecule has 160 valence electrons. The standard InChI is InChI=1S/C26H21ClN2O3/c1-32-25-9-5-3-6-20(25)17-10-15-24(22(27)16-17)29-19-13-11-18(12-14-19)28-23-8-4-2-7-21(23)26(30)31/h2-16,28-29H,1H3,(H,30,31). The molecule has 4 rings (SSSR count). The number of anilines is 4. The van der Waals surface area contributed by atoms with Crippen molar-refractivity contribution in [2.75, 3.05) is 17.7 Å². The van der Waals surface area contributed by atoms with Gasteiger partial charge in [0.15, 0.2) is 0 Å². The number of halogens is 1. The number of methoxy groups -OCH3 is 1. The summed E-state index contributed by atoms with van der Waals surface area (Å²) in [6.07, 6.45) is 0. The highest BCUT2D eigenvalue weighted by molar-refractivity contribution is 6.33. The molecule has 0 aliphatic rings. The third-order valence-electron chi connectivity index (χ3n) is 4.99. The van der Waals surface area contributed by atoms with Crippen molar-refractivity contribution in [1.29, 1.82) is 0 Å². The predicted molar refractivity (Wildman–Crippen MR) is 130 cm³/mol. The highest BCUT2D eigenvalue weighted by Crippen LogP contribution is 2.35. The smallest absolute Gasteiger partial charge is 0.337 e. The fraction of sp³-hybridized carbons (Fsp3) is 0.0385. The van der Waals surface area contributed by atoms with Crippen molar-refractivity contribution in [3.8, 4) is 16.9 Å². The second-order valence-corrected chi connectivity index (χ2v) is 7.48. The van der Waals surface area contributed by atoms with Gasteiger partial charge in [0.25, 0.3) is 0 Å². The summed E-state index contributed by atoms with van der Waals surface area (Å²) in [4.78, 5) is 11.4. The Balaban J connectivity index is 1.50. The molecule has 0 aromatic heterocycles. The quantitative estimate of drug-likeness (QED) is 0.281. The van der Waals surface area contributed by atoms with Crippen molar-refractivity contribution >= 4 is 40.3 Å². The number of benzene rings is 4. The van der Waals surface area contributed by atoms with Gasteiger partial charge in [0, 0.05) is 16.9 Å². The van der Waals surface area contributed by atoms with E-state index < -0.39 is 5.97 Å². The maximum Gasteiger partial charge on any atom is 0.337 e. The van der Waals surface area contributed by atoms with Crippen LogP contribution in [-0.2, 0) is 0 Å². The van der Waals surface area contributed by atoms with Crippen molar-refractivity contribution in [1.82, 2.24) is 0 Å². The van der Waals surface area contributed by atoms with E-state index in [0.717, 1.165) is 33.9 Å². The number of hydrogen-bond donors (Lipinski definition) is 3. The number of hydrogen-bond acceptors (Lipinski definition) is 4. The second kappa shape index (κ2) is 9.45. The zero-order chi connectivity index (χ0) is 22.5. The lowest BCUT2D eigenvalue weighted by Gasteiger charge is -2.13. The lowest BCUT2D eigenvalue weighted by atomic mass is 10.0. The van der Waals surface area contributed by atoms with Crippen LogP contribution in [0.4, 0.5) is 22.7 Å². The molecule has 6 heteroatoms. The van der Waals surface area contributed by atoms with Gasteiger partial charge in [-0.2, -0.15) is 0 Å². The normalized spacial score (nSPS) is 10.4. The van der Waals surface area contributed by atoms with Crippen molar-refractivity contribution in [2.24, 2.45) is 0 Å². The average molecular weight is 445 g/mol. The summed E-state index contributed by atoms with van der Waals surface area (Å²) in [6.45, 7) is 0. The van der Waals surface area contributed by atoms with E-state index in [1.807, 2.05) is 66.7 Å². The van der Waals surface area contributed by atoms with Gasteiger partial charge in [0.1, 0.15) is 5.75 Å². The Hall–Kier alpha value is -3.96. The van der Waals surface area contributed by atoms with Gasteiger partial charge in [-0.05, 0) is 60.2 Å². The number of ether oxygens (including phenoxy) is 1. The van der Waals surface area contributed by atoms with E-state index in [1.54, 1.807) is 31.4 Å². The van der Waals surface area contributed by atoms with E-state index in [9.17, 15) is 9.90 Å². The second-order valence-electron chi connectivity index (χ2n) is 7.07. The molecule has 0 saturated carbocycles. The summed E-state index contributed by atoms with van der Waals surface area (Å²) >= 11 is 6.54. The Morgan fingerprint density at radius 1 is 0.812 bits per heavy atom. The summed E-state index contributed by atoms with van der Waals surface area (Å²) in [5.74, 6) is -0.186. The van der Waals surface area contributed by atoms with Crippen LogP contribution in [0, 0.1) is 0 Å². The zero-order valence-electron chi connectivity index (χ0n) is 17.3. The Morgan fingerprint density at radius 2 is 1.44 bits per heavy atom. The molecule has 0 aliphatic carbocycles. The molecule has 4 aromatic carbocycles. The molecule has 0 saturated heterocycles. The molecule has 0 heterocycles. The third-order valence-corrected chi connectivity index (χ3v) is 5.30. The summed E-state index contributed by atoms with van der Waals surface area (Å²) in [6, 6.07) is 28.0. The molecular formula is C26H21ClN2O3. The van der Waals surface area contributed by atoms with Crippen LogP contribution in [0.1, 0.15) is 10.4 Å². The monoisotopic (exact) mass is 444 g/mol. The highest BCUT2D eigenvalue weighted by Gasteiger charge is 2.10. The van der Waals surface area contributed by atoms with E-state index in [4.69, 9.17) is 16.3 Å². The van der Waals surface area contributed by atoms with Crippen LogP contribution in [0.3, 0.4) is 0 Å². The Kier molecular flexibility index (Phi) is 6.29. The van der Waals surface area contributed by atoms with E-state index in [2.05, 4.69) is 10.6 Å². The molecule has 0 atom stereocenters. The van der Waals surface area contributed by atoms with E-state index in [-0.39, 0.29) is 5.56 Å². The van der Waals surface area contributed by atoms with Gasteiger partial charge in [-0.3, -0.25) is 0 Å². The number of carboxylic acids is 1. The maximum absolute atomic E-state index is 11.4. The first-order valence-electron chi connectivity index (χ1n) is 9.94. The lowest BCUT2D eigenvalue weighted by molar-refractivity contribution is 0.0698. The first-order chi connectivity index (χ1) is 15.5. The molecule has 0 spiro atoms. The van der Waals surface area contributed by atoms with Crippen LogP contribution in [0.5, 0.6) is 5.75 Å². The largest absolute Gasteiger partial charge is 0.496 e. The summed E-state index contributed by atoms with van der Waals surface area (Å²) in [5.41, 5.74) is 5.11. The van der Waals surface area contributed by atoms with Crippen LogP contribution in [0.2, 0.25) is 5.02 Å². The van der Waals surface area contributed by atoms with Crippen molar-refractivity contribution < 1.29 is 14.6 Å². The number of nitrogens with one attached hydrogen (secondary N) is 2. The Bertz CT molecular complexity index is 1260. The summed E-state index contributed by atoms with van der Waals surface area (Å²) in [7, 11) is 1.65. The van der Waals surface area contributed by atoms with Crippen molar-refractivity contribution in [2.45, 2.75) is 0 Å². The molecular weight excluding hydrogens is 424 g/mol. The number of aromatic carboxylic acids is 1. The van der Waals surface area contributed by atoms with Crippen molar-refractivity contribution in [3.05, 3.63) is 102 Å². The molecule has 0 radical (unpaired) electrons. The molecule has 0 aliphatic heterocycles. The van der Waals surface area contributed by atoms with E-state index in [0.29, 0.717) is 10.7 Å². The minimum Gasteiger partial charge on any atom is -0.496 e. The first kappa shape index (κ1) is 21.3. The Labute approximate surface area is 191 Å². The number of carbonyl (C=O) groups is 1. The van der Waals surface area contributed by atoms with Crippen LogP contribution < -0.4 is 15.4 Å². The van der Waals surface area contributed by atoms with Gasteiger partial charge in [-0.25, -0.2) is 4.79 Å². The van der Waals surface area contributed by atoms with Crippen LogP contribution in [0.25, 0.3) is 11.1 Å². The minimum atomic E-state index is -0.974. The maximum atomic E-state index is 11.4. The van der Waals surface area contributed by atoms with Crippen LogP contribution in [-0.4, -0.2) is 18.2 Å². The number of carboxylic acid groups (broad SMARTS) is 1. The van der Waals surface area contributed by atoms with Gasteiger partial charge >= 0.3 is 5.97 Å². The number of rotatable bonds is 7. The summed E-state index contributed by atoms with van der Waals surface area (Å²) in [5, 5.41) is 16.4. The van der Waals surface area contributed by atoms with Gasteiger partial charge < -0.3 is 20.5 Å². The zero-order valence-corrected chi connectivity index (χ0v) is 18.1. The van der Waals surface area contributed by atoms with Gasteiger partial charge in [-0.15, -0.1) is 0 Å². The fourth-order valence-electron chi connectivity index (χ4n) is 3.39. The van der Waals surface area contributed by atoms with Gasteiger partial charge in [0.2, 0.25) is 0 Å². The first-order valence-corrected chi connectivity index (χ1v) is 10.3. The molecule has 0 bridgehead atoms. The molecule has 32 heavy (non-hydrogen) atoms. The number of para-hydroxylation sites is 2. The van der Waals surface area contributed by atoms with Crippen LogP contribution in [0.15, 0.2) is 91.0 Å². The SMILES string of the molecule is COc1ccccc1-c1ccc(Nc2ccc(Nc3ccccc3C(=O)O)cc2)c(Cl)c1. The average Bonchev–Trinajstić information content (AvgIpc) is 2.82. The summed E-state index contributed by atoms with van der Waals surface area (Å²) < 4.78 is 5.44. The topological polar surface area (TPSA) is 70.6 Å². The molecule has 0 amide bonds. The third kappa shape index (κ3) is 4.68. The van der Waals surface area contributed by atoms with E-state index >= 15 is 0 Å². The molecule has 4 aromatic rings. The highest BCUT2D eigenvalue weighted by atomic mass is 35.5. The molecule has 0 unspecified atom stereocenters. The molecule has 0 fully saturated rings. The van der Waals surface area contributed by atoms with Crippen LogP contribution >= 0.6 is 11.6 Å². The predicted octanol–water partition coefficient (Wildman–Crippen LogP) is 7.20. The van der Waals surface area contributed by atoms with Gasteiger partial charge in [0.05, 0.1) is 29.1 Å². The van der Waals surface area contributed by atoms with E-state index in [1.165, 1.54) is 0 Å².